The van der Waals surface area contributed by atoms with Crippen LogP contribution in [0.5, 0.6) is 0 Å². The molecule has 2 atom stereocenters. The fraction of sp³-hybridized carbons (Fsp3) is 0.684. The van der Waals surface area contributed by atoms with Crippen molar-refractivity contribution in [2.45, 2.75) is 77.2 Å². The highest BCUT2D eigenvalue weighted by Crippen LogP contribution is 2.36. The summed E-state index contributed by atoms with van der Waals surface area (Å²) >= 11 is 0. The van der Waals surface area contributed by atoms with Crippen molar-refractivity contribution in [1.29, 1.82) is 0 Å². The average Bonchev–Trinajstić information content (AvgIpc) is 2.47. The van der Waals surface area contributed by atoms with Crippen LogP contribution in [0.1, 0.15) is 75.8 Å². The van der Waals surface area contributed by atoms with Crippen LogP contribution in [0.3, 0.4) is 0 Å². The molecule has 1 aromatic carbocycles. The zero-order valence-corrected chi connectivity index (χ0v) is 13.3. The zero-order valence-electron chi connectivity index (χ0n) is 13.3. The summed E-state index contributed by atoms with van der Waals surface area (Å²) in [6.45, 7) is 4.57. The average molecular weight is 273 g/mol. The van der Waals surface area contributed by atoms with E-state index in [1.165, 1.54) is 51.4 Å². The molecule has 2 unspecified atom stereocenters. The van der Waals surface area contributed by atoms with E-state index in [4.69, 9.17) is 5.73 Å². The summed E-state index contributed by atoms with van der Waals surface area (Å²) in [5, 5.41) is 0. The van der Waals surface area contributed by atoms with Crippen LogP contribution < -0.4 is 5.73 Å². The molecule has 0 aliphatic heterocycles. The Morgan fingerprint density at radius 3 is 2.55 bits per heavy atom. The van der Waals surface area contributed by atoms with Gasteiger partial charge in [0.15, 0.2) is 0 Å². The smallest absolute Gasteiger partial charge is 0.00729 e. The Hall–Kier alpha value is -0.820. The SMILES string of the molecule is CCCC(CCC)C(N)CC1CCCc2ccccc21. The lowest BCUT2D eigenvalue weighted by Gasteiger charge is -2.31. The van der Waals surface area contributed by atoms with Crippen molar-refractivity contribution in [2.24, 2.45) is 11.7 Å². The van der Waals surface area contributed by atoms with Crippen molar-refractivity contribution < 1.29 is 0 Å². The largest absolute Gasteiger partial charge is 0.327 e. The van der Waals surface area contributed by atoms with E-state index in [9.17, 15) is 0 Å². The first kappa shape index (κ1) is 15.6. The van der Waals surface area contributed by atoms with Gasteiger partial charge in [-0.3, -0.25) is 0 Å². The van der Waals surface area contributed by atoms with Gasteiger partial charge in [0.25, 0.3) is 0 Å². The van der Waals surface area contributed by atoms with Gasteiger partial charge in [-0.25, -0.2) is 0 Å². The first-order valence-electron chi connectivity index (χ1n) is 8.59. The van der Waals surface area contributed by atoms with Gasteiger partial charge >= 0.3 is 0 Å². The van der Waals surface area contributed by atoms with Crippen molar-refractivity contribution in [3.8, 4) is 0 Å². The molecule has 0 amide bonds. The second kappa shape index (κ2) is 7.83. The lowest BCUT2D eigenvalue weighted by molar-refractivity contribution is 0.321. The third-order valence-corrected chi connectivity index (χ3v) is 4.97. The molecular weight excluding hydrogens is 242 g/mol. The minimum absolute atomic E-state index is 0.381. The van der Waals surface area contributed by atoms with Crippen molar-refractivity contribution in [3.05, 3.63) is 35.4 Å². The van der Waals surface area contributed by atoms with E-state index in [0.29, 0.717) is 12.0 Å². The molecule has 0 fully saturated rings. The summed E-state index contributed by atoms with van der Waals surface area (Å²) in [5.74, 6) is 1.42. The van der Waals surface area contributed by atoms with Crippen LogP contribution in [0.2, 0.25) is 0 Å². The Bertz CT molecular complexity index is 393. The van der Waals surface area contributed by atoms with Crippen LogP contribution in [-0.2, 0) is 6.42 Å². The van der Waals surface area contributed by atoms with Gasteiger partial charge in [-0.05, 0) is 61.5 Å². The van der Waals surface area contributed by atoms with Gasteiger partial charge in [0.2, 0.25) is 0 Å². The molecule has 1 aliphatic carbocycles. The summed E-state index contributed by atoms with van der Waals surface area (Å²) in [6, 6.07) is 9.39. The van der Waals surface area contributed by atoms with Gasteiger partial charge in [-0.15, -0.1) is 0 Å². The highest BCUT2D eigenvalue weighted by atomic mass is 14.7. The molecule has 112 valence electrons. The number of fused-ring (bicyclic) bond motifs is 1. The summed E-state index contributed by atoms with van der Waals surface area (Å²) in [6.07, 6.45) is 10.2. The molecule has 0 heterocycles. The maximum Gasteiger partial charge on any atom is 0.00729 e. The lowest BCUT2D eigenvalue weighted by Crippen LogP contribution is -2.32. The normalized spacial score (nSPS) is 19.9. The van der Waals surface area contributed by atoms with Gasteiger partial charge < -0.3 is 5.73 Å². The van der Waals surface area contributed by atoms with Crippen molar-refractivity contribution in [1.82, 2.24) is 0 Å². The molecule has 1 aliphatic rings. The second-order valence-electron chi connectivity index (χ2n) is 6.52. The summed E-state index contributed by atoms with van der Waals surface area (Å²) in [4.78, 5) is 0. The number of hydrogen-bond donors (Lipinski definition) is 1. The van der Waals surface area contributed by atoms with Crippen LogP contribution in [0, 0.1) is 5.92 Å². The minimum Gasteiger partial charge on any atom is -0.327 e. The Kier molecular flexibility index (Phi) is 6.09. The van der Waals surface area contributed by atoms with Gasteiger partial charge in [0.1, 0.15) is 0 Å². The summed E-state index contributed by atoms with van der Waals surface area (Å²) < 4.78 is 0. The highest BCUT2D eigenvalue weighted by Gasteiger charge is 2.25. The van der Waals surface area contributed by atoms with E-state index < -0.39 is 0 Å². The number of nitrogens with two attached hydrogens (primary N) is 1. The topological polar surface area (TPSA) is 26.0 Å². The molecule has 2 N–H and O–H groups in total. The van der Waals surface area contributed by atoms with Crippen molar-refractivity contribution in [3.63, 3.8) is 0 Å². The van der Waals surface area contributed by atoms with Crippen LogP contribution in [0.4, 0.5) is 0 Å². The van der Waals surface area contributed by atoms with Crippen LogP contribution in [-0.4, -0.2) is 6.04 Å². The first-order valence-corrected chi connectivity index (χ1v) is 8.59. The van der Waals surface area contributed by atoms with E-state index >= 15 is 0 Å². The zero-order chi connectivity index (χ0) is 14.4. The first-order chi connectivity index (χ1) is 9.76. The van der Waals surface area contributed by atoms with Gasteiger partial charge in [-0.2, -0.15) is 0 Å². The third kappa shape index (κ3) is 3.85. The van der Waals surface area contributed by atoms with Gasteiger partial charge in [-0.1, -0.05) is 51.0 Å². The van der Waals surface area contributed by atoms with E-state index in [1.54, 1.807) is 11.1 Å². The number of hydrogen-bond acceptors (Lipinski definition) is 1. The molecule has 0 radical (unpaired) electrons. The molecule has 0 aromatic heterocycles. The van der Waals surface area contributed by atoms with Crippen molar-refractivity contribution in [2.75, 3.05) is 0 Å². The number of benzene rings is 1. The lowest BCUT2D eigenvalue weighted by atomic mass is 9.76. The maximum absolute atomic E-state index is 6.58. The molecule has 2 rings (SSSR count). The molecule has 0 saturated carbocycles. The van der Waals surface area contributed by atoms with E-state index in [0.717, 1.165) is 5.92 Å². The molecule has 1 heteroatoms. The van der Waals surface area contributed by atoms with Crippen LogP contribution in [0.15, 0.2) is 24.3 Å². The number of aryl methyl sites for hydroxylation is 1. The Labute approximate surface area is 125 Å². The fourth-order valence-corrected chi connectivity index (χ4v) is 3.93. The van der Waals surface area contributed by atoms with Crippen LogP contribution >= 0.6 is 0 Å². The molecule has 20 heavy (non-hydrogen) atoms. The quantitative estimate of drug-likeness (QED) is 0.740. The predicted molar refractivity (Wildman–Crippen MR) is 88.0 cm³/mol. The molecule has 0 bridgehead atoms. The fourth-order valence-electron chi connectivity index (χ4n) is 3.93. The van der Waals surface area contributed by atoms with E-state index in [2.05, 4.69) is 38.1 Å². The minimum atomic E-state index is 0.381. The number of rotatable bonds is 7. The molecule has 0 saturated heterocycles. The van der Waals surface area contributed by atoms with E-state index in [1.807, 2.05) is 0 Å². The molecule has 1 nitrogen and oxygen atoms in total. The van der Waals surface area contributed by atoms with Gasteiger partial charge in [0.05, 0.1) is 0 Å². The van der Waals surface area contributed by atoms with Crippen LogP contribution in [0.25, 0.3) is 0 Å². The van der Waals surface area contributed by atoms with Gasteiger partial charge in [0, 0.05) is 6.04 Å². The summed E-state index contributed by atoms with van der Waals surface area (Å²) in [7, 11) is 0. The molecular formula is C19H31N. The highest BCUT2D eigenvalue weighted by molar-refractivity contribution is 5.32. The standard InChI is InChI=1S/C19H31N/c1-3-8-16(9-4-2)19(20)14-17-12-7-11-15-10-5-6-13-18(15)17/h5-6,10,13,16-17,19H,3-4,7-9,11-12,14,20H2,1-2H3. The molecule has 1 aromatic rings. The predicted octanol–water partition coefficient (Wildman–Crippen LogP) is 5.04. The third-order valence-electron chi connectivity index (χ3n) is 4.97. The Morgan fingerprint density at radius 2 is 1.85 bits per heavy atom. The van der Waals surface area contributed by atoms with E-state index in [-0.39, 0.29) is 0 Å². The Morgan fingerprint density at radius 1 is 1.15 bits per heavy atom. The maximum atomic E-state index is 6.58. The van der Waals surface area contributed by atoms with Crippen molar-refractivity contribution >= 4 is 0 Å². The second-order valence-corrected chi connectivity index (χ2v) is 6.52. The Balaban J connectivity index is 2.02. The monoisotopic (exact) mass is 273 g/mol. The summed E-state index contributed by atoms with van der Waals surface area (Å²) in [5.41, 5.74) is 9.73. The molecule has 0 spiro atoms.